The number of hydrogen-bond acceptors (Lipinski definition) is 1. The number of aryl methyl sites for hydroxylation is 1. The second-order valence-electron chi connectivity index (χ2n) is 22.9. The van der Waals surface area contributed by atoms with E-state index >= 15 is 0 Å². The summed E-state index contributed by atoms with van der Waals surface area (Å²) in [5.41, 5.74) is 22.4. The summed E-state index contributed by atoms with van der Waals surface area (Å²) >= 11 is 0. The fourth-order valence-corrected chi connectivity index (χ4v) is 17.4. The maximum Gasteiger partial charge on any atom is 0.300 e. The molecule has 2 bridgehead atoms. The third kappa shape index (κ3) is 5.74. The first kappa shape index (κ1) is 41.7. The molecule has 2 atom stereocenters. The molecule has 5 heteroatoms. The van der Waals surface area contributed by atoms with Crippen LogP contribution in [0.3, 0.4) is 0 Å². The molecule has 69 heavy (non-hydrogen) atoms. The second kappa shape index (κ2) is 14.9. The van der Waals surface area contributed by atoms with Crippen molar-refractivity contribution in [3.8, 4) is 28.1 Å². The largest absolute Gasteiger partial charge is 0.456 e. The van der Waals surface area contributed by atoms with Gasteiger partial charge in [-0.25, -0.2) is 0 Å². The molecule has 1 spiro atoms. The van der Waals surface area contributed by atoms with E-state index in [2.05, 4.69) is 195 Å². The van der Waals surface area contributed by atoms with E-state index in [1.165, 1.54) is 144 Å². The molecule has 1 saturated carbocycles. The minimum atomic E-state index is -1.84. The highest BCUT2D eigenvalue weighted by Gasteiger charge is 2.63. The number of furan rings is 1. The molecule has 6 heterocycles. The molecule has 0 amide bonds. The van der Waals surface area contributed by atoms with E-state index in [9.17, 15) is 0 Å². The monoisotopic (exact) mass is 917 g/mol. The SMILES string of the molecule is Cc1cccc2oc3cc4c5c(n6c7ccccc7[n+](-c7c(C(C)C)cc(-c8ccccc8)cc7C(C)C)c6c4cc3c12)CC12CC[Si](C)(C)c3c[n+]1c(cc3C1CCCCC1)-c1ccccc1C52. The lowest BCUT2D eigenvalue weighted by atomic mass is 9.71. The van der Waals surface area contributed by atoms with Crippen LogP contribution in [0.15, 0.2) is 138 Å². The lowest BCUT2D eigenvalue weighted by molar-refractivity contribution is -0.758. The van der Waals surface area contributed by atoms with Gasteiger partial charge < -0.3 is 4.42 Å². The summed E-state index contributed by atoms with van der Waals surface area (Å²) in [6.07, 6.45) is 11.6. The molecular weight excluding hydrogens is 855 g/mol. The van der Waals surface area contributed by atoms with Crippen molar-refractivity contribution in [2.75, 3.05) is 0 Å². The van der Waals surface area contributed by atoms with Gasteiger partial charge in [-0.1, -0.05) is 133 Å². The Kier molecular flexibility index (Phi) is 8.97. The van der Waals surface area contributed by atoms with Gasteiger partial charge in [0.2, 0.25) is 5.69 Å². The third-order valence-electron chi connectivity index (χ3n) is 17.9. The van der Waals surface area contributed by atoms with Crippen LogP contribution in [0.1, 0.15) is 129 Å². The van der Waals surface area contributed by atoms with E-state index in [1.54, 1.807) is 10.8 Å². The highest BCUT2D eigenvalue weighted by atomic mass is 28.3. The quantitative estimate of drug-likeness (QED) is 0.125. The molecule has 0 saturated heterocycles. The van der Waals surface area contributed by atoms with Gasteiger partial charge in [-0.3, -0.25) is 0 Å². The molecule has 0 N–H and O–H groups in total. The second-order valence-corrected chi connectivity index (χ2v) is 27.7. The third-order valence-corrected chi connectivity index (χ3v) is 21.3. The van der Waals surface area contributed by atoms with Crippen molar-refractivity contribution >= 4 is 62.7 Å². The number of rotatable bonds is 5. The first-order valence-corrected chi connectivity index (χ1v) is 29.4. The molecule has 342 valence electrons. The van der Waals surface area contributed by atoms with Crippen molar-refractivity contribution in [3.63, 3.8) is 0 Å². The van der Waals surface area contributed by atoms with Gasteiger partial charge >= 0.3 is 5.65 Å². The van der Waals surface area contributed by atoms with Crippen LogP contribution in [0.4, 0.5) is 0 Å². The molecule has 6 aromatic carbocycles. The van der Waals surface area contributed by atoms with Gasteiger partial charge in [0.15, 0.2) is 22.8 Å². The number of aromatic nitrogens is 3. The lowest BCUT2D eigenvalue weighted by Gasteiger charge is -2.36. The summed E-state index contributed by atoms with van der Waals surface area (Å²) in [6, 6.07) is 50.5. The average Bonchev–Trinajstić information content (AvgIpc) is 4.02. The van der Waals surface area contributed by atoms with E-state index in [1.807, 2.05) is 0 Å². The molecule has 2 aliphatic carbocycles. The Bertz CT molecular complexity index is 3780. The predicted molar refractivity (Wildman–Crippen MR) is 288 cm³/mol. The van der Waals surface area contributed by atoms with Gasteiger partial charge in [-0.15, -0.1) is 0 Å². The zero-order chi connectivity index (χ0) is 46.7. The van der Waals surface area contributed by atoms with Crippen LogP contribution in [0.25, 0.3) is 77.5 Å². The fourth-order valence-electron chi connectivity index (χ4n) is 14.5. The Morgan fingerprint density at radius 2 is 1.43 bits per heavy atom. The minimum absolute atomic E-state index is 0.160. The van der Waals surface area contributed by atoms with Gasteiger partial charge in [0.25, 0.3) is 0 Å². The van der Waals surface area contributed by atoms with E-state index in [4.69, 9.17) is 4.42 Å². The molecule has 4 aromatic heterocycles. The molecule has 2 aliphatic heterocycles. The van der Waals surface area contributed by atoms with Crippen LogP contribution in [0.5, 0.6) is 0 Å². The highest BCUT2D eigenvalue weighted by molar-refractivity contribution is 6.90. The first-order chi connectivity index (χ1) is 33.5. The van der Waals surface area contributed by atoms with E-state index in [-0.39, 0.29) is 23.3 Å². The topological polar surface area (TPSA) is 25.3 Å². The number of imidazole rings is 1. The zero-order valence-electron chi connectivity index (χ0n) is 41.4. The standard InChI is InChI=1S/C64H63N3OSi/c1-38(2)46-31-43(41-20-10-8-11-21-41)32-47(39(3)4)62(46)67-53-27-17-16-26-52(53)66-55-36-64-29-30-69(6,7)58-37-65(64)54(34-48(58)42-22-12-9-13-23-42)44-24-14-15-25-45(44)61(64)60(55)49-35-57-51(33-50(49)63(66)67)59-40(5)19-18-28-56(59)68-57/h8,10-11,14-21,24-28,31-35,37-39,42,61H,9,12-13,22-23,29-30,36H2,1-7H3/q+2. The Balaban J connectivity index is 1.16. The van der Waals surface area contributed by atoms with Gasteiger partial charge in [-0.05, 0) is 120 Å². The number of hydrogen-bond donors (Lipinski definition) is 0. The minimum Gasteiger partial charge on any atom is -0.456 e. The number of nitrogens with zero attached hydrogens (tertiary/aromatic N) is 3. The smallest absolute Gasteiger partial charge is 0.300 e. The molecule has 10 aromatic rings. The van der Waals surface area contributed by atoms with Crippen molar-refractivity contribution in [1.82, 2.24) is 4.40 Å². The van der Waals surface area contributed by atoms with Crippen molar-refractivity contribution < 1.29 is 13.6 Å². The summed E-state index contributed by atoms with van der Waals surface area (Å²) < 4.78 is 15.3. The van der Waals surface area contributed by atoms with Crippen molar-refractivity contribution in [2.45, 2.75) is 128 Å². The summed E-state index contributed by atoms with van der Waals surface area (Å²) in [4.78, 5) is 0. The van der Waals surface area contributed by atoms with Gasteiger partial charge in [-0.2, -0.15) is 13.5 Å². The Morgan fingerprint density at radius 1 is 0.696 bits per heavy atom. The van der Waals surface area contributed by atoms with Crippen molar-refractivity contribution in [3.05, 3.63) is 173 Å². The Morgan fingerprint density at radius 3 is 2.22 bits per heavy atom. The van der Waals surface area contributed by atoms with E-state index in [0.717, 1.165) is 17.6 Å². The van der Waals surface area contributed by atoms with E-state index < -0.39 is 8.07 Å². The van der Waals surface area contributed by atoms with Gasteiger partial charge in [0.05, 0.1) is 31.4 Å². The Labute approximate surface area is 407 Å². The molecule has 4 aliphatic rings. The molecular formula is C64H63N3OSi+2. The molecule has 1 fully saturated rings. The number of para-hydroxylation sites is 2. The maximum atomic E-state index is 6.97. The summed E-state index contributed by atoms with van der Waals surface area (Å²) in [7, 11) is -1.84. The van der Waals surface area contributed by atoms with Crippen LogP contribution < -0.4 is 14.3 Å². The number of pyridine rings is 2. The van der Waals surface area contributed by atoms with Gasteiger partial charge in [0, 0.05) is 50.5 Å². The molecule has 2 unspecified atom stereocenters. The van der Waals surface area contributed by atoms with Gasteiger partial charge in [0.1, 0.15) is 22.5 Å². The zero-order valence-corrected chi connectivity index (χ0v) is 42.4. The molecule has 14 rings (SSSR count). The Hall–Kier alpha value is -6.30. The molecule has 4 nitrogen and oxygen atoms in total. The summed E-state index contributed by atoms with van der Waals surface area (Å²) in [5, 5.41) is 6.76. The number of fused-ring (bicyclic) bond motifs is 16. The number of benzene rings is 6. The summed E-state index contributed by atoms with van der Waals surface area (Å²) in [6.45, 7) is 17.2. The van der Waals surface area contributed by atoms with E-state index in [0.29, 0.717) is 5.92 Å². The van der Waals surface area contributed by atoms with Crippen molar-refractivity contribution in [1.29, 1.82) is 0 Å². The van der Waals surface area contributed by atoms with Crippen LogP contribution in [0, 0.1) is 6.92 Å². The van der Waals surface area contributed by atoms with Crippen LogP contribution in [-0.2, 0) is 12.0 Å². The molecule has 0 radical (unpaired) electrons. The van der Waals surface area contributed by atoms with Crippen LogP contribution in [-0.4, -0.2) is 12.5 Å². The lowest BCUT2D eigenvalue weighted by Crippen LogP contribution is -2.62. The predicted octanol–water partition coefficient (Wildman–Crippen LogP) is 15.4. The first-order valence-electron chi connectivity index (χ1n) is 26.2. The van der Waals surface area contributed by atoms with Crippen LogP contribution >= 0.6 is 0 Å². The van der Waals surface area contributed by atoms with Crippen LogP contribution in [0.2, 0.25) is 19.1 Å². The maximum absolute atomic E-state index is 6.97. The summed E-state index contributed by atoms with van der Waals surface area (Å²) in [5.74, 6) is 1.41. The van der Waals surface area contributed by atoms with Crippen molar-refractivity contribution in [2.24, 2.45) is 0 Å². The fraction of sp³-hybridized carbons (Fsp3) is 0.312. The average molecular weight is 918 g/mol. The highest BCUT2D eigenvalue weighted by Crippen LogP contribution is 2.58. The normalized spacial score (nSPS) is 19.6.